The molecule has 0 heteroatoms. The monoisotopic (exact) mass is 242 g/mol. The predicted octanol–water partition coefficient (Wildman–Crippen LogP) is 5.45. The normalized spacial score (nSPS) is 24.1. The molecule has 0 fully saturated rings. The van der Waals surface area contributed by atoms with Gasteiger partial charge in [-0.3, -0.25) is 0 Å². The lowest BCUT2D eigenvalue weighted by molar-refractivity contribution is 0.332. The smallest absolute Gasteiger partial charge is 0.00755 e. The Morgan fingerprint density at radius 3 is 2.17 bits per heavy atom. The van der Waals surface area contributed by atoms with Gasteiger partial charge in [0.1, 0.15) is 0 Å². The highest BCUT2D eigenvalue weighted by Crippen LogP contribution is 2.48. The van der Waals surface area contributed by atoms with Crippen LogP contribution in [-0.4, -0.2) is 0 Å². The molecule has 0 aromatic carbocycles. The summed E-state index contributed by atoms with van der Waals surface area (Å²) in [5.74, 6) is 0.554. The van der Waals surface area contributed by atoms with Crippen molar-refractivity contribution in [2.45, 2.75) is 48.0 Å². The van der Waals surface area contributed by atoms with Crippen molar-refractivity contribution in [3.05, 3.63) is 47.1 Å². The van der Waals surface area contributed by atoms with Crippen molar-refractivity contribution in [3.63, 3.8) is 0 Å². The van der Waals surface area contributed by atoms with Crippen molar-refractivity contribution in [2.24, 2.45) is 16.7 Å². The van der Waals surface area contributed by atoms with Crippen LogP contribution < -0.4 is 0 Å². The van der Waals surface area contributed by atoms with Crippen LogP contribution in [0.3, 0.4) is 0 Å². The van der Waals surface area contributed by atoms with Crippen LogP contribution in [0.25, 0.3) is 0 Å². The van der Waals surface area contributed by atoms with E-state index in [1.54, 1.807) is 5.57 Å². The molecule has 0 amide bonds. The van der Waals surface area contributed by atoms with Gasteiger partial charge in [0.25, 0.3) is 0 Å². The van der Waals surface area contributed by atoms with Crippen LogP contribution in [0, 0.1) is 16.7 Å². The topological polar surface area (TPSA) is 0 Å². The molecule has 0 aromatic rings. The first-order valence-corrected chi connectivity index (χ1v) is 7.00. The zero-order valence-electron chi connectivity index (χ0n) is 12.7. The molecule has 0 aliphatic heterocycles. The van der Waals surface area contributed by atoms with Crippen molar-refractivity contribution in [2.75, 3.05) is 0 Å². The third-order valence-electron chi connectivity index (χ3n) is 3.91. The van der Waals surface area contributed by atoms with Crippen LogP contribution in [-0.2, 0) is 0 Å². The van der Waals surface area contributed by atoms with Crippen molar-refractivity contribution >= 4 is 0 Å². The molecule has 2 aliphatic rings. The molecule has 0 spiro atoms. The maximum absolute atomic E-state index is 2.41. The van der Waals surface area contributed by atoms with Crippen LogP contribution in [0.2, 0.25) is 0 Å². The van der Waals surface area contributed by atoms with Crippen LogP contribution in [0.4, 0.5) is 0 Å². The van der Waals surface area contributed by atoms with Gasteiger partial charge < -0.3 is 0 Å². The maximum atomic E-state index is 2.41. The lowest BCUT2D eigenvalue weighted by Gasteiger charge is -2.32. The summed E-state index contributed by atoms with van der Waals surface area (Å²) in [5, 5.41) is 0. The van der Waals surface area contributed by atoms with Gasteiger partial charge in [-0.1, -0.05) is 71.9 Å². The van der Waals surface area contributed by atoms with Crippen molar-refractivity contribution in [3.8, 4) is 0 Å². The number of rotatable bonds is 1. The van der Waals surface area contributed by atoms with Gasteiger partial charge in [0, 0.05) is 5.92 Å². The largest absolute Gasteiger partial charge is 0.0801 e. The summed E-state index contributed by atoms with van der Waals surface area (Å²) in [5.41, 5.74) is 5.15. The van der Waals surface area contributed by atoms with E-state index in [1.165, 1.54) is 11.1 Å². The first-order chi connectivity index (χ1) is 8.21. The van der Waals surface area contributed by atoms with Crippen LogP contribution >= 0.6 is 0 Å². The third-order valence-corrected chi connectivity index (χ3v) is 3.91. The molecule has 0 N–H and O–H groups in total. The molecule has 0 saturated heterocycles. The van der Waals surface area contributed by atoms with E-state index in [-0.39, 0.29) is 5.41 Å². The molecule has 0 saturated carbocycles. The molecule has 0 heterocycles. The minimum atomic E-state index is 0.231. The summed E-state index contributed by atoms with van der Waals surface area (Å²) >= 11 is 0. The Kier molecular flexibility index (Phi) is 3.17. The number of hydrogen-bond donors (Lipinski definition) is 0. The summed E-state index contributed by atoms with van der Waals surface area (Å²) in [6, 6.07) is 0. The molecular formula is C18H26. The third kappa shape index (κ3) is 2.39. The number of allylic oxidation sites excluding steroid dienone is 8. The van der Waals surface area contributed by atoms with Crippen LogP contribution in [0.5, 0.6) is 0 Å². The molecule has 1 atom stereocenters. The molecule has 98 valence electrons. The van der Waals surface area contributed by atoms with Gasteiger partial charge in [0.05, 0.1) is 0 Å². The van der Waals surface area contributed by atoms with E-state index >= 15 is 0 Å². The molecule has 0 aromatic heterocycles. The Balaban J connectivity index is 2.49. The molecule has 2 aliphatic carbocycles. The second-order valence-electron chi connectivity index (χ2n) is 7.60. The van der Waals surface area contributed by atoms with Gasteiger partial charge >= 0.3 is 0 Å². The minimum absolute atomic E-state index is 0.231. The second-order valence-corrected chi connectivity index (χ2v) is 7.60. The fourth-order valence-corrected chi connectivity index (χ4v) is 2.94. The van der Waals surface area contributed by atoms with E-state index in [0.29, 0.717) is 11.3 Å². The lowest BCUT2D eigenvalue weighted by Crippen LogP contribution is -2.21. The highest BCUT2D eigenvalue weighted by molar-refractivity contribution is 5.54. The van der Waals surface area contributed by atoms with E-state index in [1.807, 2.05) is 0 Å². The van der Waals surface area contributed by atoms with Gasteiger partial charge in [-0.05, 0) is 34.0 Å². The standard InChI is InChI=1S/C18H26/c1-17(2,3)14-11-12-15(18(4,5)6)16(14)13-9-7-8-10-13/h7-9,11-12,14H,10H2,1-6H3. The Hall–Kier alpha value is -1.04. The zero-order valence-corrected chi connectivity index (χ0v) is 12.7. The fourth-order valence-electron chi connectivity index (χ4n) is 2.94. The maximum Gasteiger partial charge on any atom is 0.00755 e. The summed E-state index contributed by atoms with van der Waals surface area (Å²) in [6.07, 6.45) is 12.6. The first-order valence-electron chi connectivity index (χ1n) is 7.00. The minimum Gasteiger partial charge on any atom is -0.0801 e. The lowest BCUT2D eigenvalue weighted by atomic mass is 9.72. The first kappa shape index (κ1) is 13.4. The summed E-state index contributed by atoms with van der Waals surface area (Å²) < 4.78 is 0. The van der Waals surface area contributed by atoms with Gasteiger partial charge in [-0.15, -0.1) is 0 Å². The van der Waals surface area contributed by atoms with E-state index in [0.717, 1.165) is 6.42 Å². The van der Waals surface area contributed by atoms with Crippen molar-refractivity contribution < 1.29 is 0 Å². The van der Waals surface area contributed by atoms with Crippen LogP contribution in [0.1, 0.15) is 48.0 Å². The van der Waals surface area contributed by atoms with Crippen LogP contribution in [0.15, 0.2) is 47.1 Å². The molecule has 18 heavy (non-hydrogen) atoms. The van der Waals surface area contributed by atoms with Crippen molar-refractivity contribution in [1.82, 2.24) is 0 Å². The van der Waals surface area contributed by atoms with E-state index in [4.69, 9.17) is 0 Å². The molecule has 0 nitrogen and oxygen atoms in total. The quantitative estimate of drug-likeness (QED) is 0.573. The molecule has 0 bridgehead atoms. The number of hydrogen-bond acceptors (Lipinski definition) is 0. The second kappa shape index (κ2) is 4.26. The van der Waals surface area contributed by atoms with E-state index in [9.17, 15) is 0 Å². The summed E-state index contributed by atoms with van der Waals surface area (Å²) in [4.78, 5) is 0. The van der Waals surface area contributed by atoms with Gasteiger partial charge in [0.15, 0.2) is 0 Å². The zero-order chi connectivity index (χ0) is 13.6. The summed E-state index contributed by atoms with van der Waals surface area (Å²) in [6.45, 7) is 14.0. The van der Waals surface area contributed by atoms with E-state index in [2.05, 4.69) is 71.9 Å². The average Bonchev–Trinajstić information content (AvgIpc) is 2.83. The Morgan fingerprint density at radius 2 is 1.72 bits per heavy atom. The molecular weight excluding hydrogens is 216 g/mol. The highest BCUT2D eigenvalue weighted by atomic mass is 14.4. The average molecular weight is 242 g/mol. The predicted molar refractivity (Wildman–Crippen MR) is 80.4 cm³/mol. The molecule has 1 unspecified atom stereocenters. The van der Waals surface area contributed by atoms with Crippen molar-refractivity contribution in [1.29, 1.82) is 0 Å². The van der Waals surface area contributed by atoms with E-state index < -0.39 is 0 Å². The molecule has 0 radical (unpaired) electrons. The highest BCUT2D eigenvalue weighted by Gasteiger charge is 2.35. The Bertz CT molecular complexity index is 453. The fraction of sp³-hybridized carbons (Fsp3) is 0.556. The van der Waals surface area contributed by atoms with Gasteiger partial charge in [-0.2, -0.15) is 0 Å². The Labute approximate surface area is 112 Å². The van der Waals surface area contributed by atoms with Gasteiger partial charge in [-0.25, -0.2) is 0 Å². The molecule has 2 rings (SSSR count). The SMILES string of the molecule is CC(C)(C)C1=C(C2=CC=CC2)C(C(C)(C)C)C=C1. The van der Waals surface area contributed by atoms with Gasteiger partial charge in [0.2, 0.25) is 0 Å². The summed E-state index contributed by atoms with van der Waals surface area (Å²) in [7, 11) is 0. The Morgan fingerprint density at radius 1 is 1.06 bits per heavy atom.